The van der Waals surface area contributed by atoms with Crippen LogP contribution in [0.4, 0.5) is 37.8 Å². The fourth-order valence-corrected chi connectivity index (χ4v) is 2.45. The van der Waals surface area contributed by atoms with Gasteiger partial charge in [0, 0.05) is 18.4 Å². The minimum Gasteiger partial charge on any atom is -0.478 e. The predicted molar refractivity (Wildman–Crippen MR) is 84.9 cm³/mol. The summed E-state index contributed by atoms with van der Waals surface area (Å²) in [5, 5.41) is 9.27. The molecule has 1 aromatic carbocycles. The zero-order chi connectivity index (χ0) is 20.4. The van der Waals surface area contributed by atoms with Crippen molar-refractivity contribution < 1.29 is 36.2 Å². The van der Waals surface area contributed by atoms with E-state index in [1.165, 1.54) is 18.3 Å². The van der Waals surface area contributed by atoms with Crippen LogP contribution in [0.1, 0.15) is 34.8 Å². The third-order valence-electron chi connectivity index (χ3n) is 3.60. The Labute approximate surface area is 150 Å². The third kappa shape index (κ3) is 4.69. The molecular formula is C17H14F6N2O2. The fraction of sp³-hybridized carbons (Fsp3) is 0.294. The number of benzene rings is 1. The Bertz CT molecular complexity index is 801. The number of aromatic carboxylic acids is 1. The van der Waals surface area contributed by atoms with Gasteiger partial charge in [0.2, 0.25) is 0 Å². The van der Waals surface area contributed by atoms with Crippen LogP contribution in [0.15, 0.2) is 36.5 Å². The summed E-state index contributed by atoms with van der Waals surface area (Å²) in [6, 6.07) is 3.59. The van der Waals surface area contributed by atoms with E-state index >= 15 is 0 Å². The van der Waals surface area contributed by atoms with Crippen molar-refractivity contribution >= 4 is 17.5 Å². The molecule has 2 rings (SSSR count). The average Bonchev–Trinajstić information content (AvgIpc) is 2.57. The summed E-state index contributed by atoms with van der Waals surface area (Å²) in [4.78, 5) is 16.3. The molecular weight excluding hydrogens is 378 g/mol. The van der Waals surface area contributed by atoms with Gasteiger partial charge in [-0.2, -0.15) is 26.3 Å². The molecule has 0 unspecified atom stereocenters. The van der Waals surface area contributed by atoms with Gasteiger partial charge in [0.05, 0.1) is 11.1 Å². The first-order chi connectivity index (χ1) is 12.4. The van der Waals surface area contributed by atoms with Crippen LogP contribution in [0.5, 0.6) is 0 Å². The highest BCUT2D eigenvalue weighted by Crippen LogP contribution is 2.40. The molecule has 0 saturated carbocycles. The number of aromatic nitrogens is 1. The van der Waals surface area contributed by atoms with E-state index in [-0.39, 0.29) is 24.0 Å². The molecule has 0 aliphatic heterocycles. The number of hydrogen-bond donors (Lipinski definition) is 1. The molecule has 0 spiro atoms. The van der Waals surface area contributed by atoms with Crippen molar-refractivity contribution in [1.29, 1.82) is 0 Å². The molecule has 0 bridgehead atoms. The second-order valence-corrected chi connectivity index (χ2v) is 5.60. The number of hydrogen-bond acceptors (Lipinski definition) is 3. The number of rotatable bonds is 5. The number of pyridine rings is 1. The molecule has 146 valence electrons. The van der Waals surface area contributed by atoms with Gasteiger partial charge in [0.15, 0.2) is 0 Å². The fourth-order valence-electron chi connectivity index (χ4n) is 2.45. The van der Waals surface area contributed by atoms with Gasteiger partial charge in [0.1, 0.15) is 11.4 Å². The Morgan fingerprint density at radius 3 is 2.07 bits per heavy atom. The van der Waals surface area contributed by atoms with Crippen molar-refractivity contribution in [2.45, 2.75) is 25.7 Å². The predicted octanol–water partition coefficient (Wildman–Crippen LogP) is 5.37. The van der Waals surface area contributed by atoms with Gasteiger partial charge in [-0.25, -0.2) is 9.78 Å². The number of carbonyl (C=O) groups is 1. The van der Waals surface area contributed by atoms with Gasteiger partial charge >= 0.3 is 18.3 Å². The maximum absolute atomic E-state index is 13.1. The molecule has 0 fully saturated rings. The summed E-state index contributed by atoms with van der Waals surface area (Å²) in [6.07, 6.45) is -8.47. The number of alkyl halides is 6. The number of carboxylic acids is 1. The summed E-state index contributed by atoms with van der Waals surface area (Å²) in [5.74, 6) is -1.64. The minimum atomic E-state index is -5.01. The summed E-state index contributed by atoms with van der Waals surface area (Å²) < 4.78 is 78.6. The highest BCUT2D eigenvalue weighted by atomic mass is 19.4. The maximum atomic E-state index is 13.1. The van der Waals surface area contributed by atoms with Gasteiger partial charge in [-0.05, 0) is 36.8 Å². The molecule has 1 heterocycles. The Hall–Kier alpha value is -2.78. The number of anilines is 2. The van der Waals surface area contributed by atoms with Gasteiger partial charge in [0.25, 0.3) is 0 Å². The average molecular weight is 392 g/mol. The van der Waals surface area contributed by atoms with E-state index in [1.54, 1.807) is 6.92 Å². The first kappa shape index (κ1) is 20.5. The third-order valence-corrected chi connectivity index (χ3v) is 3.60. The van der Waals surface area contributed by atoms with E-state index in [0.717, 1.165) is 4.90 Å². The van der Waals surface area contributed by atoms with E-state index in [1.807, 2.05) is 0 Å². The van der Waals surface area contributed by atoms with Crippen molar-refractivity contribution in [3.63, 3.8) is 0 Å². The van der Waals surface area contributed by atoms with Crippen LogP contribution >= 0.6 is 0 Å². The normalized spacial score (nSPS) is 12.1. The van der Waals surface area contributed by atoms with Crippen LogP contribution in [-0.4, -0.2) is 22.6 Å². The largest absolute Gasteiger partial charge is 0.478 e. The molecule has 1 N–H and O–H groups in total. The van der Waals surface area contributed by atoms with Crippen LogP contribution in [0.3, 0.4) is 0 Å². The molecule has 0 amide bonds. The zero-order valence-electron chi connectivity index (χ0n) is 13.9. The van der Waals surface area contributed by atoms with E-state index in [0.29, 0.717) is 18.6 Å². The highest BCUT2D eigenvalue weighted by Gasteiger charge is 2.37. The molecule has 4 nitrogen and oxygen atoms in total. The smallest absolute Gasteiger partial charge is 0.416 e. The highest BCUT2D eigenvalue weighted by molar-refractivity contribution is 5.94. The topological polar surface area (TPSA) is 53.4 Å². The van der Waals surface area contributed by atoms with Crippen LogP contribution < -0.4 is 4.90 Å². The Morgan fingerprint density at radius 2 is 1.63 bits per heavy atom. The van der Waals surface area contributed by atoms with Crippen molar-refractivity contribution in [3.05, 3.63) is 53.2 Å². The SMILES string of the molecule is CCCN(c1cc(C(F)(F)F)cc(C(F)(F)F)c1)c1ncccc1C(=O)O. The van der Waals surface area contributed by atoms with Crippen molar-refractivity contribution in [2.24, 2.45) is 0 Å². The van der Waals surface area contributed by atoms with E-state index < -0.39 is 35.1 Å². The summed E-state index contributed by atoms with van der Waals surface area (Å²) in [5.41, 5.74) is -3.75. The van der Waals surface area contributed by atoms with E-state index in [4.69, 9.17) is 0 Å². The van der Waals surface area contributed by atoms with Gasteiger partial charge in [-0.15, -0.1) is 0 Å². The second-order valence-electron chi connectivity index (χ2n) is 5.60. The molecule has 0 atom stereocenters. The van der Waals surface area contributed by atoms with Gasteiger partial charge in [-0.3, -0.25) is 0 Å². The standard InChI is InChI=1S/C17H14F6N2O2/c1-2-6-25(14-13(15(26)27)4-3-5-24-14)12-8-10(16(18,19)20)7-11(9-12)17(21,22)23/h3-5,7-9H,2,6H2,1H3,(H,26,27). The number of halogens is 6. The lowest BCUT2D eigenvalue weighted by molar-refractivity contribution is -0.143. The molecule has 1 aromatic heterocycles. The Kier molecular flexibility index (Phi) is 5.67. The van der Waals surface area contributed by atoms with Crippen molar-refractivity contribution in [3.8, 4) is 0 Å². The Morgan fingerprint density at radius 1 is 1.07 bits per heavy atom. The second kappa shape index (κ2) is 7.45. The lowest BCUT2D eigenvalue weighted by Gasteiger charge is -2.26. The molecule has 0 saturated heterocycles. The number of carboxylic acid groups (broad SMARTS) is 1. The van der Waals surface area contributed by atoms with Crippen LogP contribution in [0.2, 0.25) is 0 Å². The Balaban J connectivity index is 2.73. The lowest BCUT2D eigenvalue weighted by Crippen LogP contribution is -2.23. The van der Waals surface area contributed by atoms with Crippen LogP contribution in [-0.2, 0) is 12.4 Å². The molecule has 0 aliphatic rings. The summed E-state index contributed by atoms with van der Waals surface area (Å²) >= 11 is 0. The molecule has 0 aliphatic carbocycles. The lowest BCUT2D eigenvalue weighted by atomic mass is 10.1. The van der Waals surface area contributed by atoms with E-state index in [2.05, 4.69) is 4.98 Å². The summed E-state index contributed by atoms with van der Waals surface area (Å²) in [7, 11) is 0. The van der Waals surface area contributed by atoms with Crippen LogP contribution in [0.25, 0.3) is 0 Å². The number of nitrogens with zero attached hydrogens (tertiary/aromatic N) is 2. The monoisotopic (exact) mass is 392 g/mol. The molecule has 0 radical (unpaired) electrons. The van der Waals surface area contributed by atoms with E-state index in [9.17, 15) is 36.2 Å². The minimum absolute atomic E-state index is 0.0180. The summed E-state index contributed by atoms with van der Waals surface area (Å²) in [6.45, 7) is 1.62. The molecule has 2 aromatic rings. The van der Waals surface area contributed by atoms with Crippen molar-refractivity contribution in [1.82, 2.24) is 4.98 Å². The molecule has 27 heavy (non-hydrogen) atoms. The van der Waals surface area contributed by atoms with Gasteiger partial charge in [-0.1, -0.05) is 6.92 Å². The molecule has 10 heteroatoms. The zero-order valence-corrected chi connectivity index (χ0v) is 13.9. The quantitative estimate of drug-likeness (QED) is 0.696. The van der Waals surface area contributed by atoms with Crippen LogP contribution in [0, 0.1) is 0 Å². The van der Waals surface area contributed by atoms with Gasteiger partial charge < -0.3 is 10.0 Å². The first-order valence-electron chi connectivity index (χ1n) is 7.70. The van der Waals surface area contributed by atoms with Crippen molar-refractivity contribution in [2.75, 3.05) is 11.4 Å². The first-order valence-corrected chi connectivity index (χ1v) is 7.70. The maximum Gasteiger partial charge on any atom is 0.416 e.